The Morgan fingerprint density at radius 3 is 2.27 bits per heavy atom. The highest BCUT2D eigenvalue weighted by Gasteiger charge is 2.01. The highest BCUT2D eigenvalue weighted by molar-refractivity contribution is 5.84. The molecule has 0 aliphatic heterocycles. The molecule has 2 heteroatoms. The molecule has 0 fully saturated rings. The summed E-state index contributed by atoms with van der Waals surface area (Å²) in [5.74, 6) is 0. The van der Waals surface area contributed by atoms with E-state index in [0.29, 0.717) is 6.41 Å². The maximum atomic E-state index is 10.4. The normalized spacial score (nSPS) is 9.60. The Balaban J connectivity index is 2.48. The molecule has 1 N–H and O–H groups in total. The summed E-state index contributed by atoms with van der Waals surface area (Å²) in [6.45, 7) is 0. The van der Waals surface area contributed by atoms with Gasteiger partial charge in [-0.05, 0) is 11.6 Å². The lowest BCUT2D eigenvalue weighted by Crippen LogP contribution is -1.95. The third kappa shape index (κ3) is 2.05. The molecule has 0 saturated heterocycles. The molecule has 15 heavy (non-hydrogen) atoms. The zero-order valence-electron chi connectivity index (χ0n) is 8.18. The van der Waals surface area contributed by atoms with Gasteiger partial charge in [0, 0.05) is 11.3 Å². The SMILES string of the molecule is O=CNc1ccccc1-c1ccccc1. The minimum Gasteiger partial charge on any atom is -0.328 e. The molecule has 0 bridgehead atoms. The van der Waals surface area contributed by atoms with Crippen molar-refractivity contribution in [1.82, 2.24) is 0 Å². The summed E-state index contributed by atoms with van der Waals surface area (Å²) >= 11 is 0. The average Bonchev–Trinajstić information content (AvgIpc) is 2.31. The molecule has 2 nitrogen and oxygen atoms in total. The molecule has 74 valence electrons. The topological polar surface area (TPSA) is 29.1 Å². The van der Waals surface area contributed by atoms with E-state index in [0.717, 1.165) is 16.8 Å². The Hall–Kier alpha value is -2.09. The van der Waals surface area contributed by atoms with E-state index in [1.807, 2.05) is 54.6 Å². The standard InChI is InChI=1S/C13H11NO/c15-10-14-13-9-5-4-8-12(13)11-6-2-1-3-7-11/h1-10H,(H,14,15). The van der Waals surface area contributed by atoms with Crippen LogP contribution in [-0.4, -0.2) is 6.41 Å². The van der Waals surface area contributed by atoms with Gasteiger partial charge in [0.1, 0.15) is 0 Å². The number of hydrogen-bond acceptors (Lipinski definition) is 1. The van der Waals surface area contributed by atoms with Gasteiger partial charge in [0.2, 0.25) is 6.41 Å². The number of carbonyl (C=O) groups excluding carboxylic acids is 1. The molecule has 2 aromatic rings. The first kappa shape index (κ1) is 9.46. The lowest BCUT2D eigenvalue weighted by molar-refractivity contribution is -0.105. The number of para-hydroxylation sites is 1. The fraction of sp³-hybridized carbons (Fsp3) is 0. The van der Waals surface area contributed by atoms with Crippen LogP contribution in [0.1, 0.15) is 0 Å². The van der Waals surface area contributed by atoms with E-state index in [9.17, 15) is 4.79 Å². The first-order valence-corrected chi connectivity index (χ1v) is 4.76. The fourth-order valence-electron chi connectivity index (χ4n) is 1.54. The van der Waals surface area contributed by atoms with Crippen LogP contribution >= 0.6 is 0 Å². The first-order chi connectivity index (χ1) is 7.42. The summed E-state index contributed by atoms with van der Waals surface area (Å²) in [5.41, 5.74) is 2.96. The van der Waals surface area contributed by atoms with Gasteiger partial charge < -0.3 is 5.32 Å². The molecule has 1 amide bonds. The molecular formula is C13H11NO. The zero-order valence-corrected chi connectivity index (χ0v) is 8.18. The summed E-state index contributed by atoms with van der Waals surface area (Å²) in [5, 5.41) is 2.69. The van der Waals surface area contributed by atoms with E-state index < -0.39 is 0 Å². The largest absolute Gasteiger partial charge is 0.328 e. The van der Waals surface area contributed by atoms with E-state index in [-0.39, 0.29) is 0 Å². The van der Waals surface area contributed by atoms with Gasteiger partial charge in [0.05, 0.1) is 0 Å². The minimum absolute atomic E-state index is 0.696. The molecule has 0 aliphatic rings. The van der Waals surface area contributed by atoms with Crippen LogP contribution in [0.5, 0.6) is 0 Å². The van der Waals surface area contributed by atoms with Gasteiger partial charge in [0.25, 0.3) is 0 Å². The summed E-state index contributed by atoms with van der Waals surface area (Å²) in [4.78, 5) is 10.4. The first-order valence-electron chi connectivity index (χ1n) is 4.76. The van der Waals surface area contributed by atoms with Crippen molar-refractivity contribution in [3.05, 3.63) is 54.6 Å². The highest BCUT2D eigenvalue weighted by Crippen LogP contribution is 2.26. The van der Waals surface area contributed by atoms with Crippen LogP contribution in [0.15, 0.2) is 54.6 Å². The molecule has 2 aromatic carbocycles. The van der Waals surface area contributed by atoms with Crippen molar-refractivity contribution in [1.29, 1.82) is 0 Å². The van der Waals surface area contributed by atoms with Crippen LogP contribution in [0, 0.1) is 0 Å². The molecule has 0 heterocycles. The van der Waals surface area contributed by atoms with Crippen molar-refractivity contribution in [3.8, 4) is 11.1 Å². The van der Waals surface area contributed by atoms with E-state index in [4.69, 9.17) is 0 Å². The lowest BCUT2D eigenvalue weighted by atomic mass is 10.0. The van der Waals surface area contributed by atoms with Gasteiger partial charge in [-0.25, -0.2) is 0 Å². The third-order valence-corrected chi connectivity index (χ3v) is 2.23. The van der Waals surface area contributed by atoms with E-state index >= 15 is 0 Å². The lowest BCUT2D eigenvalue weighted by Gasteiger charge is -2.07. The van der Waals surface area contributed by atoms with Gasteiger partial charge in [-0.2, -0.15) is 0 Å². The monoisotopic (exact) mass is 197 g/mol. The van der Waals surface area contributed by atoms with Crippen molar-refractivity contribution in [2.45, 2.75) is 0 Å². The number of anilines is 1. The molecular weight excluding hydrogens is 186 g/mol. The summed E-state index contributed by atoms with van der Waals surface area (Å²) < 4.78 is 0. The van der Waals surface area contributed by atoms with Crippen molar-refractivity contribution >= 4 is 12.1 Å². The maximum Gasteiger partial charge on any atom is 0.211 e. The Kier molecular flexibility index (Phi) is 2.79. The quantitative estimate of drug-likeness (QED) is 0.753. The number of benzene rings is 2. The fourth-order valence-corrected chi connectivity index (χ4v) is 1.54. The number of amides is 1. The van der Waals surface area contributed by atoms with Crippen LogP contribution in [0.3, 0.4) is 0 Å². The van der Waals surface area contributed by atoms with Gasteiger partial charge in [-0.1, -0.05) is 48.5 Å². The van der Waals surface area contributed by atoms with E-state index in [1.165, 1.54) is 0 Å². The smallest absolute Gasteiger partial charge is 0.211 e. The van der Waals surface area contributed by atoms with Gasteiger partial charge >= 0.3 is 0 Å². The molecule has 0 aromatic heterocycles. The molecule has 0 aliphatic carbocycles. The predicted molar refractivity (Wildman–Crippen MR) is 61.6 cm³/mol. The van der Waals surface area contributed by atoms with Crippen LogP contribution < -0.4 is 5.32 Å². The second-order valence-electron chi connectivity index (χ2n) is 3.17. The van der Waals surface area contributed by atoms with Gasteiger partial charge in [-0.3, -0.25) is 4.79 Å². The molecule has 0 radical (unpaired) electrons. The molecule has 0 spiro atoms. The van der Waals surface area contributed by atoms with E-state index in [1.54, 1.807) is 0 Å². The molecule has 2 rings (SSSR count). The summed E-state index contributed by atoms with van der Waals surface area (Å²) in [6, 6.07) is 17.7. The van der Waals surface area contributed by atoms with Crippen LogP contribution in [-0.2, 0) is 4.79 Å². The van der Waals surface area contributed by atoms with Crippen LogP contribution in [0.2, 0.25) is 0 Å². The van der Waals surface area contributed by atoms with Gasteiger partial charge in [-0.15, -0.1) is 0 Å². The Labute approximate surface area is 88.6 Å². The third-order valence-electron chi connectivity index (χ3n) is 2.23. The average molecular weight is 197 g/mol. The number of rotatable bonds is 3. The molecule has 0 unspecified atom stereocenters. The van der Waals surface area contributed by atoms with Crippen molar-refractivity contribution < 1.29 is 4.79 Å². The Morgan fingerprint density at radius 2 is 1.53 bits per heavy atom. The number of hydrogen-bond donors (Lipinski definition) is 1. The van der Waals surface area contributed by atoms with Crippen LogP contribution in [0.25, 0.3) is 11.1 Å². The number of carbonyl (C=O) groups is 1. The number of nitrogens with one attached hydrogen (secondary N) is 1. The molecule has 0 saturated carbocycles. The predicted octanol–water partition coefficient (Wildman–Crippen LogP) is 2.92. The minimum atomic E-state index is 0.696. The second kappa shape index (κ2) is 4.42. The van der Waals surface area contributed by atoms with Crippen LogP contribution in [0.4, 0.5) is 5.69 Å². The van der Waals surface area contributed by atoms with E-state index in [2.05, 4.69) is 5.32 Å². The van der Waals surface area contributed by atoms with Crippen molar-refractivity contribution in [2.24, 2.45) is 0 Å². The molecule has 0 atom stereocenters. The Morgan fingerprint density at radius 1 is 0.867 bits per heavy atom. The summed E-state index contributed by atoms with van der Waals surface area (Å²) in [7, 11) is 0. The summed E-state index contributed by atoms with van der Waals surface area (Å²) in [6.07, 6.45) is 0.696. The maximum absolute atomic E-state index is 10.4. The van der Waals surface area contributed by atoms with Crippen molar-refractivity contribution in [2.75, 3.05) is 5.32 Å². The second-order valence-corrected chi connectivity index (χ2v) is 3.17. The highest BCUT2D eigenvalue weighted by atomic mass is 16.1. The Bertz CT molecular complexity index is 451. The zero-order chi connectivity index (χ0) is 10.5. The van der Waals surface area contributed by atoms with Gasteiger partial charge in [0.15, 0.2) is 0 Å². The van der Waals surface area contributed by atoms with Crippen molar-refractivity contribution in [3.63, 3.8) is 0 Å².